The Morgan fingerprint density at radius 2 is 1.36 bits per heavy atom. The monoisotopic (exact) mass is 298 g/mol. The summed E-state index contributed by atoms with van der Waals surface area (Å²) in [6.45, 7) is 5.44. The molecule has 0 saturated heterocycles. The number of aldehydes is 1. The topological polar surface area (TPSA) is 43.4 Å². The number of carbonyl (C=O) groups is 2. The standard InChI is InChI=1S/C15H12O2.C2H4O.C2H6/c16-15(17-14-9-5-2-6-10-14)12-11-13-7-3-1-4-8-13;1-2-3;1-2/h1-12H;2H,1H3;1-2H3. The van der Waals surface area contributed by atoms with Gasteiger partial charge in [0.2, 0.25) is 0 Å². The van der Waals surface area contributed by atoms with Crippen LogP contribution in [0.3, 0.4) is 0 Å². The van der Waals surface area contributed by atoms with Crippen molar-refractivity contribution in [2.45, 2.75) is 20.8 Å². The van der Waals surface area contributed by atoms with Gasteiger partial charge < -0.3 is 9.53 Å². The second kappa shape index (κ2) is 13.3. The van der Waals surface area contributed by atoms with Crippen LogP contribution >= 0.6 is 0 Å². The Bertz CT molecular complexity index is 545. The molecule has 0 heterocycles. The lowest BCUT2D eigenvalue weighted by Gasteiger charge is -1.99. The highest BCUT2D eigenvalue weighted by atomic mass is 16.5. The maximum Gasteiger partial charge on any atom is 0.336 e. The average molecular weight is 298 g/mol. The second-order valence-corrected chi connectivity index (χ2v) is 3.71. The molecular weight excluding hydrogens is 276 g/mol. The van der Waals surface area contributed by atoms with Crippen molar-refractivity contribution < 1.29 is 14.3 Å². The van der Waals surface area contributed by atoms with Gasteiger partial charge in [-0.15, -0.1) is 0 Å². The summed E-state index contributed by atoms with van der Waals surface area (Å²) in [5, 5.41) is 0. The van der Waals surface area contributed by atoms with Crippen LogP contribution in [0.4, 0.5) is 0 Å². The van der Waals surface area contributed by atoms with Crippen molar-refractivity contribution in [1.29, 1.82) is 0 Å². The van der Waals surface area contributed by atoms with Crippen LogP contribution in [0, 0.1) is 0 Å². The highest BCUT2D eigenvalue weighted by Gasteiger charge is 1.98. The van der Waals surface area contributed by atoms with Gasteiger partial charge in [-0.2, -0.15) is 0 Å². The number of ether oxygens (including phenoxy) is 1. The molecular formula is C19H22O3. The molecule has 22 heavy (non-hydrogen) atoms. The van der Waals surface area contributed by atoms with Crippen LogP contribution in [-0.2, 0) is 9.59 Å². The molecule has 3 nitrogen and oxygen atoms in total. The summed E-state index contributed by atoms with van der Waals surface area (Å²) in [4.78, 5) is 20.3. The largest absolute Gasteiger partial charge is 0.423 e. The van der Waals surface area contributed by atoms with Crippen LogP contribution in [0.1, 0.15) is 26.3 Å². The molecule has 0 N–H and O–H groups in total. The van der Waals surface area contributed by atoms with E-state index in [0.717, 1.165) is 11.8 Å². The lowest BCUT2D eigenvalue weighted by Crippen LogP contribution is -2.03. The van der Waals surface area contributed by atoms with Crippen molar-refractivity contribution in [2.24, 2.45) is 0 Å². The number of esters is 1. The summed E-state index contributed by atoms with van der Waals surface area (Å²) in [6, 6.07) is 18.6. The Morgan fingerprint density at radius 3 is 1.86 bits per heavy atom. The Labute approximate surface area is 132 Å². The van der Waals surface area contributed by atoms with E-state index in [2.05, 4.69) is 0 Å². The number of rotatable bonds is 3. The van der Waals surface area contributed by atoms with Crippen molar-refractivity contribution in [3.05, 3.63) is 72.3 Å². The van der Waals surface area contributed by atoms with Crippen molar-refractivity contribution >= 4 is 18.3 Å². The van der Waals surface area contributed by atoms with Gasteiger partial charge in [-0.05, 0) is 30.7 Å². The van der Waals surface area contributed by atoms with Crippen LogP contribution < -0.4 is 4.74 Å². The Hall–Kier alpha value is -2.68. The quantitative estimate of drug-likeness (QED) is 0.362. The lowest BCUT2D eigenvalue weighted by molar-refractivity contribution is -0.128. The minimum absolute atomic E-state index is 0.375. The summed E-state index contributed by atoms with van der Waals surface area (Å²) in [7, 11) is 0. The number of hydrogen-bond acceptors (Lipinski definition) is 3. The minimum Gasteiger partial charge on any atom is -0.423 e. The Kier molecular flexibility index (Phi) is 11.7. The zero-order chi connectivity index (χ0) is 16.6. The first-order valence-corrected chi connectivity index (χ1v) is 7.16. The molecule has 3 heteroatoms. The molecule has 0 radical (unpaired) electrons. The molecule has 0 aliphatic heterocycles. The predicted molar refractivity (Wildman–Crippen MR) is 90.6 cm³/mol. The van der Waals surface area contributed by atoms with E-state index in [9.17, 15) is 4.79 Å². The van der Waals surface area contributed by atoms with Gasteiger partial charge in [0.25, 0.3) is 0 Å². The molecule has 0 aliphatic rings. The van der Waals surface area contributed by atoms with Gasteiger partial charge in [0.15, 0.2) is 0 Å². The van der Waals surface area contributed by atoms with Gasteiger partial charge in [0, 0.05) is 6.08 Å². The maximum absolute atomic E-state index is 11.5. The van der Waals surface area contributed by atoms with Gasteiger partial charge in [-0.25, -0.2) is 4.79 Å². The summed E-state index contributed by atoms with van der Waals surface area (Å²) in [5.41, 5.74) is 0.970. The first-order chi connectivity index (χ1) is 10.8. The van der Waals surface area contributed by atoms with Crippen molar-refractivity contribution in [1.82, 2.24) is 0 Å². The van der Waals surface area contributed by atoms with Crippen LogP contribution in [0.2, 0.25) is 0 Å². The summed E-state index contributed by atoms with van der Waals surface area (Å²) < 4.78 is 5.11. The molecule has 0 bridgehead atoms. The highest BCUT2D eigenvalue weighted by molar-refractivity contribution is 5.88. The fraction of sp³-hybridized carbons (Fsp3) is 0.158. The predicted octanol–water partition coefficient (Wildman–Crippen LogP) is 4.54. The number of benzene rings is 2. The van der Waals surface area contributed by atoms with E-state index < -0.39 is 0 Å². The smallest absolute Gasteiger partial charge is 0.336 e. The molecule has 0 fully saturated rings. The van der Waals surface area contributed by atoms with Crippen molar-refractivity contribution in [2.75, 3.05) is 0 Å². The third kappa shape index (κ3) is 9.26. The van der Waals surface area contributed by atoms with Crippen LogP contribution in [0.5, 0.6) is 5.75 Å². The molecule has 2 aromatic rings. The fourth-order valence-corrected chi connectivity index (χ4v) is 1.37. The molecule has 2 rings (SSSR count). The van der Waals surface area contributed by atoms with Crippen LogP contribution in [0.15, 0.2) is 66.7 Å². The maximum atomic E-state index is 11.5. The van der Waals surface area contributed by atoms with Gasteiger partial charge >= 0.3 is 5.97 Å². The first kappa shape index (κ1) is 19.3. The zero-order valence-electron chi connectivity index (χ0n) is 13.2. The SMILES string of the molecule is CC.CC=O.O=C(C=Cc1ccccc1)Oc1ccccc1. The van der Waals surface area contributed by atoms with Gasteiger partial charge in [0.05, 0.1) is 0 Å². The lowest BCUT2D eigenvalue weighted by atomic mass is 10.2. The van der Waals surface area contributed by atoms with E-state index in [4.69, 9.17) is 9.53 Å². The van der Waals surface area contributed by atoms with Crippen LogP contribution in [0.25, 0.3) is 6.08 Å². The molecule has 0 aromatic heterocycles. The third-order valence-electron chi connectivity index (χ3n) is 2.17. The number of hydrogen-bond donors (Lipinski definition) is 0. The molecule has 0 unspecified atom stereocenters. The number of carbonyl (C=O) groups excluding carboxylic acids is 2. The molecule has 0 spiro atoms. The zero-order valence-corrected chi connectivity index (χ0v) is 13.2. The van der Waals surface area contributed by atoms with E-state index in [0.29, 0.717) is 5.75 Å². The Morgan fingerprint density at radius 1 is 0.909 bits per heavy atom. The first-order valence-electron chi connectivity index (χ1n) is 7.16. The highest BCUT2D eigenvalue weighted by Crippen LogP contribution is 2.09. The van der Waals surface area contributed by atoms with E-state index in [1.54, 1.807) is 18.2 Å². The average Bonchev–Trinajstić information content (AvgIpc) is 2.57. The van der Waals surface area contributed by atoms with E-state index in [1.807, 2.05) is 62.4 Å². The van der Waals surface area contributed by atoms with Crippen LogP contribution in [-0.4, -0.2) is 12.3 Å². The summed E-state index contributed by atoms with van der Waals surface area (Å²) in [6.07, 6.45) is 3.90. The number of para-hydroxylation sites is 1. The van der Waals surface area contributed by atoms with Crippen molar-refractivity contribution in [3.63, 3.8) is 0 Å². The molecule has 0 amide bonds. The molecule has 0 atom stereocenters. The molecule has 116 valence electrons. The second-order valence-electron chi connectivity index (χ2n) is 3.71. The molecule has 2 aromatic carbocycles. The van der Waals surface area contributed by atoms with E-state index >= 15 is 0 Å². The van der Waals surface area contributed by atoms with E-state index in [1.165, 1.54) is 13.0 Å². The van der Waals surface area contributed by atoms with Gasteiger partial charge in [0.1, 0.15) is 12.0 Å². The molecule has 0 aliphatic carbocycles. The van der Waals surface area contributed by atoms with Crippen molar-refractivity contribution in [3.8, 4) is 5.75 Å². The molecule has 0 saturated carbocycles. The summed E-state index contributed by atoms with van der Waals surface area (Å²) >= 11 is 0. The normalized spacial score (nSPS) is 8.86. The van der Waals surface area contributed by atoms with Gasteiger partial charge in [-0.3, -0.25) is 0 Å². The van der Waals surface area contributed by atoms with E-state index in [-0.39, 0.29) is 5.97 Å². The fourth-order valence-electron chi connectivity index (χ4n) is 1.37. The third-order valence-corrected chi connectivity index (χ3v) is 2.17. The van der Waals surface area contributed by atoms with Gasteiger partial charge in [-0.1, -0.05) is 62.4 Å². The minimum atomic E-state index is -0.375. The Balaban J connectivity index is 0.000000789. The summed E-state index contributed by atoms with van der Waals surface area (Å²) in [5.74, 6) is 0.176.